The maximum absolute atomic E-state index is 12.0. The molecule has 0 spiro atoms. The Morgan fingerprint density at radius 3 is 2.91 bits per heavy atom. The smallest absolute Gasteiger partial charge is 0.348 e. The molecule has 1 amide bonds. The van der Waals surface area contributed by atoms with E-state index >= 15 is 0 Å². The first-order valence-corrected chi connectivity index (χ1v) is 8.49. The predicted molar refractivity (Wildman–Crippen MR) is 87.6 cm³/mol. The molecule has 0 aliphatic carbocycles. The number of amides is 1. The van der Waals surface area contributed by atoms with Gasteiger partial charge in [0.25, 0.3) is 0 Å². The molecule has 2 aromatic heterocycles. The van der Waals surface area contributed by atoms with E-state index in [0.29, 0.717) is 16.5 Å². The Bertz CT molecular complexity index is 679. The van der Waals surface area contributed by atoms with Crippen molar-refractivity contribution in [2.75, 3.05) is 17.7 Å². The second-order valence-electron chi connectivity index (χ2n) is 4.50. The minimum absolute atomic E-state index is 0.135. The van der Waals surface area contributed by atoms with Crippen LogP contribution in [0.1, 0.15) is 22.2 Å². The molecule has 6 nitrogen and oxygen atoms in total. The molecule has 2 aromatic rings. The maximum Gasteiger partial charge on any atom is 0.348 e. The van der Waals surface area contributed by atoms with Crippen LogP contribution in [0, 0.1) is 6.92 Å². The van der Waals surface area contributed by atoms with Gasteiger partial charge in [-0.05, 0) is 25.5 Å². The van der Waals surface area contributed by atoms with Crippen molar-refractivity contribution in [3.8, 4) is 0 Å². The number of thiophene rings is 1. The number of rotatable bonds is 6. The number of imidazole rings is 1. The van der Waals surface area contributed by atoms with Crippen LogP contribution < -0.4 is 5.32 Å². The van der Waals surface area contributed by atoms with E-state index in [1.54, 1.807) is 19.2 Å². The summed E-state index contributed by atoms with van der Waals surface area (Å²) in [6.07, 6.45) is 3.52. The van der Waals surface area contributed by atoms with Crippen molar-refractivity contribution in [3.05, 3.63) is 28.9 Å². The van der Waals surface area contributed by atoms with Crippen LogP contribution in [0.25, 0.3) is 0 Å². The number of hydrogen-bond acceptors (Lipinski definition) is 6. The van der Waals surface area contributed by atoms with Crippen molar-refractivity contribution in [2.45, 2.75) is 19.0 Å². The van der Waals surface area contributed by atoms with Crippen molar-refractivity contribution >= 4 is 40.0 Å². The van der Waals surface area contributed by atoms with Gasteiger partial charge in [0.05, 0.1) is 17.4 Å². The molecule has 0 radical (unpaired) electrons. The number of anilines is 1. The molecule has 0 aromatic carbocycles. The fourth-order valence-corrected chi connectivity index (χ4v) is 3.45. The van der Waals surface area contributed by atoms with Gasteiger partial charge < -0.3 is 14.6 Å². The molecular formula is C14H17N3O3S2. The SMILES string of the molecule is CCOC(=O)c1sc(NC(=O)CSc2nccn2C)cc1C. The summed E-state index contributed by atoms with van der Waals surface area (Å²) in [6.45, 7) is 3.91. The normalized spacial score (nSPS) is 10.5. The van der Waals surface area contributed by atoms with Crippen molar-refractivity contribution in [3.63, 3.8) is 0 Å². The number of nitrogens with one attached hydrogen (secondary N) is 1. The largest absolute Gasteiger partial charge is 0.462 e. The first-order valence-electron chi connectivity index (χ1n) is 6.68. The zero-order valence-corrected chi connectivity index (χ0v) is 14.2. The third-order valence-electron chi connectivity index (χ3n) is 2.75. The van der Waals surface area contributed by atoms with E-state index in [0.717, 1.165) is 10.7 Å². The lowest BCUT2D eigenvalue weighted by Gasteiger charge is -2.02. The average Bonchev–Trinajstić information content (AvgIpc) is 3.03. The van der Waals surface area contributed by atoms with Crippen LogP contribution >= 0.6 is 23.1 Å². The Balaban J connectivity index is 1.93. The number of esters is 1. The lowest BCUT2D eigenvalue weighted by molar-refractivity contribution is -0.113. The van der Waals surface area contributed by atoms with Crippen LogP contribution in [0.3, 0.4) is 0 Å². The minimum Gasteiger partial charge on any atom is -0.462 e. The molecule has 22 heavy (non-hydrogen) atoms. The molecule has 0 saturated carbocycles. The van der Waals surface area contributed by atoms with E-state index in [9.17, 15) is 9.59 Å². The molecule has 0 bridgehead atoms. The summed E-state index contributed by atoms with van der Waals surface area (Å²) in [4.78, 5) is 28.4. The van der Waals surface area contributed by atoms with Crippen molar-refractivity contribution in [1.82, 2.24) is 9.55 Å². The molecule has 2 heterocycles. The van der Waals surface area contributed by atoms with Gasteiger partial charge in [0.1, 0.15) is 4.88 Å². The second-order valence-corrected chi connectivity index (χ2v) is 6.50. The minimum atomic E-state index is -0.354. The summed E-state index contributed by atoms with van der Waals surface area (Å²) in [5.74, 6) is -0.228. The van der Waals surface area contributed by atoms with Crippen LogP contribution in [0.15, 0.2) is 23.6 Å². The third kappa shape index (κ3) is 4.11. The molecule has 8 heteroatoms. The summed E-state index contributed by atoms with van der Waals surface area (Å²) >= 11 is 2.59. The summed E-state index contributed by atoms with van der Waals surface area (Å²) < 4.78 is 6.83. The van der Waals surface area contributed by atoms with Gasteiger partial charge in [-0.25, -0.2) is 9.78 Å². The Morgan fingerprint density at radius 2 is 2.27 bits per heavy atom. The van der Waals surface area contributed by atoms with Crippen LogP contribution in [0.2, 0.25) is 0 Å². The standard InChI is InChI=1S/C14H17N3O3S2/c1-4-20-13(19)12-9(2)7-11(22-12)16-10(18)8-21-14-15-5-6-17(14)3/h5-7H,4,8H2,1-3H3,(H,16,18). The van der Waals surface area contributed by atoms with Crippen molar-refractivity contribution in [1.29, 1.82) is 0 Å². The maximum atomic E-state index is 12.0. The average molecular weight is 339 g/mol. The van der Waals surface area contributed by atoms with Crippen LogP contribution in [-0.4, -0.2) is 33.8 Å². The van der Waals surface area contributed by atoms with Gasteiger partial charge in [0.15, 0.2) is 5.16 Å². The van der Waals surface area contributed by atoms with E-state index in [-0.39, 0.29) is 17.6 Å². The number of thioether (sulfide) groups is 1. The fraction of sp³-hybridized carbons (Fsp3) is 0.357. The molecule has 118 valence electrons. The van der Waals surface area contributed by atoms with Gasteiger partial charge >= 0.3 is 5.97 Å². The highest BCUT2D eigenvalue weighted by Gasteiger charge is 2.16. The van der Waals surface area contributed by atoms with E-state index in [4.69, 9.17) is 4.74 Å². The first kappa shape index (κ1) is 16.6. The Labute approximate surface area is 136 Å². The van der Waals surface area contributed by atoms with E-state index < -0.39 is 0 Å². The van der Waals surface area contributed by atoms with Crippen LogP contribution in [-0.2, 0) is 16.6 Å². The number of ether oxygens (including phenoxy) is 1. The number of aromatic nitrogens is 2. The number of carbonyl (C=O) groups is 2. The summed E-state index contributed by atoms with van der Waals surface area (Å²) in [5, 5.41) is 4.22. The summed E-state index contributed by atoms with van der Waals surface area (Å²) in [6, 6.07) is 1.78. The fourth-order valence-electron chi connectivity index (χ4n) is 1.74. The molecular weight excluding hydrogens is 322 g/mol. The lowest BCUT2D eigenvalue weighted by Crippen LogP contribution is -2.13. The zero-order chi connectivity index (χ0) is 16.1. The highest BCUT2D eigenvalue weighted by Crippen LogP contribution is 2.27. The molecule has 1 N–H and O–H groups in total. The van der Waals surface area contributed by atoms with Crippen molar-refractivity contribution in [2.24, 2.45) is 7.05 Å². The number of nitrogens with zero attached hydrogens (tertiary/aromatic N) is 2. The Kier molecular flexibility index (Phi) is 5.62. The lowest BCUT2D eigenvalue weighted by atomic mass is 10.3. The second kappa shape index (κ2) is 7.46. The third-order valence-corrected chi connectivity index (χ3v) is 4.94. The quantitative estimate of drug-likeness (QED) is 0.647. The molecule has 0 aliphatic rings. The number of carbonyl (C=O) groups excluding carboxylic acids is 2. The van der Waals surface area contributed by atoms with E-state index in [1.165, 1.54) is 23.1 Å². The zero-order valence-electron chi connectivity index (χ0n) is 12.6. The van der Waals surface area contributed by atoms with Gasteiger partial charge in [-0.2, -0.15) is 0 Å². The Hall–Kier alpha value is -1.80. The summed E-state index contributed by atoms with van der Waals surface area (Å²) in [5.41, 5.74) is 0.801. The van der Waals surface area contributed by atoms with Crippen LogP contribution in [0.5, 0.6) is 0 Å². The predicted octanol–water partition coefficient (Wildman–Crippen LogP) is 2.70. The van der Waals surface area contributed by atoms with Crippen molar-refractivity contribution < 1.29 is 14.3 Å². The highest BCUT2D eigenvalue weighted by atomic mass is 32.2. The van der Waals surface area contributed by atoms with Gasteiger partial charge in [-0.3, -0.25) is 4.79 Å². The number of hydrogen-bond donors (Lipinski definition) is 1. The molecule has 0 fully saturated rings. The Morgan fingerprint density at radius 1 is 1.50 bits per heavy atom. The highest BCUT2D eigenvalue weighted by molar-refractivity contribution is 7.99. The molecule has 0 atom stereocenters. The number of aryl methyl sites for hydroxylation is 2. The van der Waals surface area contributed by atoms with Crippen LogP contribution in [0.4, 0.5) is 5.00 Å². The molecule has 0 saturated heterocycles. The van der Waals surface area contributed by atoms with E-state index in [1.807, 2.05) is 24.7 Å². The monoisotopic (exact) mass is 339 g/mol. The van der Waals surface area contributed by atoms with Gasteiger partial charge in [0, 0.05) is 19.4 Å². The molecule has 2 rings (SSSR count). The van der Waals surface area contributed by atoms with Gasteiger partial charge in [0.2, 0.25) is 5.91 Å². The summed E-state index contributed by atoms with van der Waals surface area (Å²) in [7, 11) is 1.88. The molecule has 0 aliphatic heterocycles. The topological polar surface area (TPSA) is 73.2 Å². The van der Waals surface area contributed by atoms with E-state index in [2.05, 4.69) is 10.3 Å². The van der Waals surface area contributed by atoms with Gasteiger partial charge in [-0.15, -0.1) is 11.3 Å². The molecule has 0 unspecified atom stereocenters. The van der Waals surface area contributed by atoms with Gasteiger partial charge in [-0.1, -0.05) is 11.8 Å². The first-order chi connectivity index (χ1) is 10.5.